The maximum atomic E-state index is 12.5. The summed E-state index contributed by atoms with van der Waals surface area (Å²) in [7, 11) is 0. The zero-order valence-electron chi connectivity index (χ0n) is 15.8. The van der Waals surface area contributed by atoms with E-state index in [9.17, 15) is 14.4 Å². The van der Waals surface area contributed by atoms with E-state index in [4.69, 9.17) is 4.42 Å². The third-order valence-electron chi connectivity index (χ3n) is 3.42. The van der Waals surface area contributed by atoms with Crippen molar-refractivity contribution in [1.82, 2.24) is 25.1 Å². The molecule has 0 saturated carbocycles. The maximum Gasteiger partial charge on any atom is 0.328 e. The summed E-state index contributed by atoms with van der Waals surface area (Å²) in [4.78, 5) is 38.9. The third-order valence-corrected chi connectivity index (χ3v) is 4.24. The van der Waals surface area contributed by atoms with Crippen molar-refractivity contribution in [2.24, 2.45) is 0 Å². The van der Waals surface area contributed by atoms with E-state index >= 15 is 0 Å². The molecule has 146 valence electrons. The van der Waals surface area contributed by atoms with Gasteiger partial charge in [0.25, 0.3) is 10.8 Å². The second-order valence-electron chi connectivity index (χ2n) is 6.96. The van der Waals surface area contributed by atoms with Crippen LogP contribution in [0, 0.1) is 6.92 Å². The molecule has 27 heavy (non-hydrogen) atoms. The lowest BCUT2D eigenvalue weighted by Crippen LogP contribution is -2.41. The molecule has 0 aliphatic rings. The molecule has 2 rings (SSSR count). The van der Waals surface area contributed by atoms with Gasteiger partial charge >= 0.3 is 5.69 Å². The van der Waals surface area contributed by atoms with Crippen LogP contribution in [0.2, 0.25) is 0 Å². The number of aryl methyl sites for hydroxylation is 1. The summed E-state index contributed by atoms with van der Waals surface area (Å²) >= 11 is 1.12. The topological polar surface area (TPSA) is 123 Å². The lowest BCUT2D eigenvalue weighted by atomic mass is 10.1. The first-order chi connectivity index (χ1) is 12.6. The van der Waals surface area contributed by atoms with Gasteiger partial charge in [0.05, 0.1) is 12.2 Å². The molecular formula is C17H23N5O4S. The molecule has 0 saturated heterocycles. The highest BCUT2D eigenvalue weighted by atomic mass is 32.2. The summed E-state index contributed by atoms with van der Waals surface area (Å²) in [6.07, 6.45) is 1.56. The van der Waals surface area contributed by atoms with E-state index in [1.54, 1.807) is 6.92 Å². The second kappa shape index (κ2) is 8.38. The summed E-state index contributed by atoms with van der Waals surface area (Å²) in [6.45, 7) is 11.0. The molecule has 0 aliphatic carbocycles. The Labute approximate surface area is 160 Å². The lowest BCUT2D eigenvalue weighted by Gasteiger charge is -2.19. The van der Waals surface area contributed by atoms with Gasteiger partial charge in [0.2, 0.25) is 11.8 Å². The molecular weight excluding hydrogens is 370 g/mol. The van der Waals surface area contributed by atoms with E-state index in [1.807, 2.05) is 20.8 Å². The van der Waals surface area contributed by atoms with E-state index in [1.165, 1.54) is 6.08 Å². The van der Waals surface area contributed by atoms with Gasteiger partial charge in [0.15, 0.2) is 0 Å². The summed E-state index contributed by atoms with van der Waals surface area (Å²) in [5.74, 6) is 0.227. The Balaban J connectivity index is 2.11. The number of aromatic amines is 1. The summed E-state index contributed by atoms with van der Waals surface area (Å²) in [5, 5.41) is 10.9. The van der Waals surface area contributed by atoms with Crippen LogP contribution in [0.3, 0.4) is 0 Å². The SMILES string of the molecule is C=CCn1c(=O)[nH]c(C)c(Cc2nnc(SCC(=O)NC(C)(C)C)o2)c1=O. The number of carbonyl (C=O) groups is 1. The Morgan fingerprint density at radius 1 is 1.37 bits per heavy atom. The van der Waals surface area contributed by atoms with E-state index in [-0.39, 0.29) is 41.3 Å². The highest BCUT2D eigenvalue weighted by Gasteiger charge is 2.17. The first kappa shape index (κ1) is 20.7. The van der Waals surface area contributed by atoms with Crippen LogP contribution >= 0.6 is 11.8 Å². The minimum Gasteiger partial charge on any atom is -0.416 e. The fourth-order valence-corrected chi connectivity index (χ4v) is 2.90. The molecule has 9 nitrogen and oxygen atoms in total. The maximum absolute atomic E-state index is 12.5. The van der Waals surface area contributed by atoms with Gasteiger partial charge in [0, 0.05) is 23.3 Å². The predicted molar refractivity (Wildman–Crippen MR) is 102 cm³/mol. The number of rotatable bonds is 7. The van der Waals surface area contributed by atoms with Crippen molar-refractivity contribution in [3.05, 3.63) is 50.6 Å². The number of aromatic nitrogens is 4. The van der Waals surface area contributed by atoms with Gasteiger partial charge in [-0.3, -0.25) is 14.2 Å². The molecule has 0 spiro atoms. The average molecular weight is 393 g/mol. The number of allylic oxidation sites excluding steroid dienone is 1. The second-order valence-corrected chi connectivity index (χ2v) is 7.89. The molecule has 2 heterocycles. The number of H-pyrrole nitrogens is 1. The summed E-state index contributed by atoms with van der Waals surface area (Å²) in [6, 6.07) is 0. The Bertz CT molecular complexity index is 951. The first-order valence-corrected chi connectivity index (χ1v) is 9.29. The lowest BCUT2D eigenvalue weighted by molar-refractivity contribution is -0.119. The Morgan fingerprint density at radius 2 is 2.07 bits per heavy atom. The molecule has 0 aliphatic heterocycles. The van der Waals surface area contributed by atoms with E-state index in [0.29, 0.717) is 11.3 Å². The van der Waals surface area contributed by atoms with E-state index < -0.39 is 11.2 Å². The molecule has 0 aromatic carbocycles. The van der Waals surface area contributed by atoms with Crippen molar-refractivity contribution >= 4 is 17.7 Å². The first-order valence-electron chi connectivity index (χ1n) is 8.30. The highest BCUT2D eigenvalue weighted by molar-refractivity contribution is 7.99. The quantitative estimate of drug-likeness (QED) is 0.531. The fourth-order valence-electron chi connectivity index (χ4n) is 2.32. The largest absolute Gasteiger partial charge is 0.416 e. The number of thioether (sulfide) groups is 1. The van der Waals surface area contributed by atoms with Crippen molar-refractivity contribution in [3.8, 4) is 0 Å². The highest BCUT2D eigenvalue weighted by Crippen LogP contribution is 2.17. The van der Waals surface area contributed by atoms with Crippen molar-refractivity contribution in [1.29, 1.82) is 0 Å². The molecule has 0 unspecified atom stereocenters. The van der Waals surface area contributed by atoms with Gasteiger partial charge in [0.1, 0.15) is 0 Å². The number of hydrogen-bond acceptors (Lipinski definition) is 7. The number of carbonyl (C=O) groups excluding carboxylic acids is 1. The predicted octanol–water partition coefficient (Wildman–Crippen LogP) is 1.01. The number of nitrogens with one attached hydrogen (secondary N) is 2. The standard InChI is InChI=1S/C17H23N5O4S/c1-6-7-22-14(24)11(10(2)18-15(22)25)8-13-20-21-16(26-13)27-9-12(23)19-17(3,4)5/h6H,1,7-9H2,2-5H3,(H,18,25)(H,19,23). The Hall–Kier alpha value is -2.62. The summed E-state index contributed by atoms with van der Waals surface area (Å²) < 4.78 is 6.56. The van der Waals surface area contributed by atoms with Gasteiger partial charge in [-0.25, -0.2) is 4.79 Å². The smallest absolute Gasteiger partial charge is 0.328 e. The molecule has 0 atom stereocenters. The van der Waals surface area contributed by atoms with E-state index in [2.05, 4.69) is 27.1 Å². The van der Waals surface area contributed by atoms with Crippen LogP contribution in [0.15, 0.2) is 31.9 Å². The Morgan fingerprint density at radius 3 is 2.70 bits per heavy atom. The van der Waals surface area contributed by atoms with E-state index in [0.717, 1.165) is 16.3 Å². The zero-order chi connectivity index (χ0) is 20.2. The third kappa shape index (κ3) is 5.68. The number of nitrogens with zero attached hydrogens (tertiary/aromatic N) is 3. The van der Waals surface area contributed by atoms with Crippen LogP contribution in [0.4, 0.5) is 0 Å². The number of hydrogen-bond donors (Lipinski definition) is 2. The van der Waals surface area contributed by atoms with Crippen LogP contribution in [0.1, 0.15) is 37.9 Å². The minimum atomic E-state index is -0.493. The van der Waals surface area contributed by atoms with Crippen molar-refractivity contribution in [2.75, 3.05) is 5.75 Å². The van der Waals surface area contributed by atoms with Gasteiger partial charge in [-0.2, -0.15) is 0 Å². The van der Waals surface area contributed by atoms with Crippen LogP contribution in [0.5, 0.6) is 0 Å². The van der Waals surface area contributed by atoms with Crippen LogP contribution in [-0.4, -0.2) is 36.9 Å². The van der Waals surface area contributed by atoms with Gasteiger partial charge in [-0.15, -0.1) is 16.8 Å². The minimum absolute atomic E-state index is 0.0837. The van der Waals surface area contributed by atoms with Gasteiger partial charge in [-0.05, 0) is 27.7 Å². The monoisotopic (exact) mass is 393 g/mol. The average Bonchev–Trinajstić information content (AvgIpc) is 2.99. The van der Waals surface area contributed by atoms with Crippen molar-refractivity contribution in [3.63, 3.8) is 0 Å². The Kier molecular flexibility index (Phi) is 6.42. The molecule has 0 radical (unpaired) electrons. The molecule has 2 aromatic heterocycles. The van der Waals surface area contributed by atoms with Gasteiger partial charge in [-0.1, -0.05) is 17.8 Å². The molecule has 0 fully saturated rings. The molecule has 2 aromatic rings. The molecule has 2 N–H and O–H groups in total. The van der Waals surface area contributed by atoms with Crippen LogP contribution in [0.25, 0.3) is 0 Å². The molecule has 1 amide bonds. The van der Waals surface area contributed by atoms with Crippen molar-refractivity contribution < 1.29 is 9.21 Å². The van der Waals surface area contributed by atoms with Gasteiger partial charge < -0.3 is 14.7 Å². The molecule has 10 heteroatoms. The van der Waals surface area contributed by atoms with Crippen LogP contribution in [-0.2, 0) is 17.8 Å². The van der Waals surface area contributed by atoms with Crippen molar-refractivity contribution in [2.45, 2.75) is 51.4 Å². The summed E-state index contributed by atoms with van der Waals surface area (Å²) in [5.41, 5.74) is -0.421. The fraction of sp³-hybridized carbons (Fsp3) is 0.471. The number of amides is 1. The zero-order valence-corrected chi connectivity index (χ0v) is 16.6. The normalized spacial score (nSPS) is 11.4. The molecule has 0 bridgehead atoms. The van der Waals surface area contributed by atoms with Crippen LogP contribution < -0.4 is 16.6 Å².